The van der Waals surface area contributed by atoms with Crippen molar-refractivity contribution in [3.8, 4) is 11.3 Å². The maximum absolute atomic E-state index is 11.2. The molecule has 2 aromatic heterocycles. The fraction of sp³-hybridized carbons (Fsp3) is 0.400. The van der Waals surface area contributed by atoms with Crippen molar-refractivity contribution in [2.75, 3.05) is 18.0 Å². The number of nitrogens with one attached hydrogen (secondary N) is 2. The van der Waals surface area contributed by atoms with E-state index in [0.717, 1.165) is 55.8 Å². The zero-order valence-corrected chi connectivity index (χ0v) is 20.9. The van der Waals surface area contributed by atoms with E-state index in [9.17, 15) is 4.79 Å². The minimum atomic E-state index is -0.509. The lowest BCUT2D eigenvalue weighted by Gasteiger charge is -2.33. The van der Waals surface area contributed by atoms with Crippen LogP contribution < -0.4 is 15.7 Å². The highest BCUT2D eigenvalue weighted by Crippen LogP contribution is 2.46. The number of ether oxygens (including phenoxy) is 1. The van der Waals surface area contributed by atoms with Crippen molar-refractivity contribution in [3.63, 3.8) is 0 Å². The van der Waals surface area contributed by atoms with Crippen molar-refractivity contribution in [3.05, 3.63) is 63.6 Å². The van der Waals surface area contributed by atoms with E-state index >= 15 is 0 Å². The van der Waals surface area contributed by atoms with Crippen molar-refractivity contribution >= 4 is 35.0 Å². The molecule has 1 aliphatic carbocycles. The van der Waals surface area contributed by atoms with Crippen molar-refractivity contribution in [2.24, 2.45) is 0 Å². The van der Waals surface area contributed by atoms with Crippen LogP contribution in [0.25, 0.3) is 11.3 Å². The Kier molecular flexibility index (Phi) is 6.47. The first-order chi connectivity index (χ1) is 17.6. The molecule has 9 nitrogen and oxygen atoms in total. The zero-order valence-electron chi connectivity index (χ0n) is 19.4. The summed E-state index contributed by atoms with van der Waals surface area (Å²) in [4.78, 5) is 22.7. The van der Waals surface area contributed by atoms with Gasteiger partial charge in [0.15, 0.2) is 6.17 Å². The van der Waals surface area contributed by atoms with Crippen LogP contribution in [0.15, 0.2) is 41.1 Å². The van der Waals surface area contributed by atoms with Gasteiger partial charge >= 0.3 is 6.09 Å². The van der Waals surface area contributed by atoms with Gasteiger partial charge in [0.1, 0.15) is 11.5 Å². The van der Waals surface area contributed by atoms with Crippen LogP contribution in [0.2, 0.25) is 10.0 Å². The van der Waals surface area contributed by atoms with Crippen molar-refractivity contribution < 1.29 is 18.9 Å². The maximum Gasteiger partial charge on any atom is 0.427 e. The van der Waals surface area contributed by atoms with Crippen molar-refractivity contribution in [2.45, 2.75) is 50.5 Å². The second-order valence-electron chi connectivity index (χ2n) is 9.27. The number of carbonyl (C=O) groups is 1. The Hall–Kier alpha value is -2.85. The van der Waals surface area contributed by atoms with E-state index < -0.39 is 12.3 Å². The van der Waals surface area contributed by atoms with Crippen LogP contribution in [-0.2, 0) is 16.2 Å². The summed E-state index contributed by atoms with van der Waals surface area (Å²) in [5.74, 6) is 1.28. The average Bonchev–Trinajstić information content (AvgIpc) is 3.51. The minimum absolute atomic E-state index is 0.125. The number of rotatable bonds is 7. The van der Waals surface area contributed by atoms with Gasteiger partial charge < -0.3 is 19.0 Å². The number of hydroxylamine groups is 1. The van der Waals surface area contributed by atoms with Crippen LogP contribution in [0.5, 0.6) is 0 Å². The SMILES string of the molecule is O=C1NC(c2ccc(N3CCC(OCc4c(-c5c(Cl)cccc5Cl)noc4C4CC4)CC3)cn2)NO1. The topological polar surface area (TPSA) is 102 Å². The molecule has 3 aliphatic rings. The molecule has 1 aromatic carbocycles. The minimum Gasteiger partial charge on any atom is -0.373 e. The Morgan fingerprint density at radius 3 is 2.50 bits per heavy atom. The Bertz CT molecular complexity index is 1240. The number of hydrogen-bond acceptors (Lipinski definition) is 8. The van der Waals surface area contributed by atoms with Gasteiger partial charge in [-0.15, -0.1) is 5.48 Å². The van der Waals surface area contributed by atoms with E-state index in [-0.39, 0.29) is 6.10 Å². The third kappa shape index (κ3) is 4.76. The molecule has 3 fully saturated rings. The molecule has 1 atom stereocenters. The van der Waals surface area contributed by atoms with E-state index in [0.29, 0.717) is 39.5 Å². The Labute approximate surface area is 218 Å². The first-order valence-corrected chi connectivity index (χ1v) is 12.8. The number of nitrogens with zero attached hydrogens (tertiary/aromatic N) is 3. The van der Waals surface area contributed by atoms with Gasteiger partial charge in [-0.3, -0.25) is 10.3 Å². The number of benzene rings is 1. The lowest BCUT2D eigenvalue weighted by Crippen LogP contribution is -2.37. The summed E-state index contributed by atoms with van der Waals surface area (Å²) < 4.78 is 12.1. The van der Waals surface area contributed by atoms with E-state index in [1.54, 1.807) is 0 Å². The molecule has 4 heterocycles. The van der Waals surface area contributed by atoms with Crippen LogP contribution in [0.4, 0.5) is 10.5 Å². The summed E-state index contributed by atoms with van der Waals surface area (Å²) >= 11 is 12.9. The van der Waals surface area contributed by atoms with Gasteiger partial charge in [-0.05, 0) is 49.9 Å². The number of pyridine rings is 1. The molecule has 188 valence electrons. The summed E-state index contributed by atoms with van der Waals surface area (Å²) in [6.45, 7) is 2.13. The van der Waals surface area contributed by atoms with Gasteiger partial charge in [0, 0.05) is 30.1 Å². The summed E-state index contributed by atoms with van der Waals surface area (Å²) in [6, 6.07) is 9.33. The lowest BCUT2D eigenvalue weighted by molar-refractivity contribution is 0.0246. The van der Waals surface area contributed by atoms with Gasteiger partial charge in [0.2, 0.25) is 0 Å². The molecule has 2 N–H and O–H groups in total. The monoisotopic (exact) mass is 529 g/mol. The third-order valence-electron chi connectivity index (χ3n) is 6.83. The second kappa shape index (κ2) is 9.89. The summed E-state index contributed by atoms with van der Waals surface area (Å²) in [5.41, 5.74) is 6.66. The first-order valence-electron chi connectivity index (χ1n) is 12.0. The second-order valence-corrected chi connectivity index (χ2v) is 10.1. The molecule has 2 aliphatic heterocycles. The molecule has 0 radical (unpaired) electrons. The van der Waals surface area contributed by atoms with Crippen molar-refractivity contribution in [1.29, 1.82) is 0 Å². The highest BCUT2D eigenvalue weighted by atomic mass is 35.5. The molecule has 0 spiro atoms. The summed E-state index contributed by atoms with van der Waals surface area (Å²) in [7, 11) is 0. The predicted octanol–water partition coefficient (Wildman–Crippen LogP) is 5.35. The zero-order chi connectivity index (χ0) is 24.6. The van der Waals surface area contributed by atoms with Crippen LogP contribution in [0.1, 0.15) is 54.8 Å². The average molecular weight is 530 g/mol. The van der Waals surface area contributed by atoms with Gasteiger partial charge in [0.05, 0.1) is 40.3 Å². The Balaban J connectivity index is 1.09. The van der Waals surface area contributed by atoms with Crippen LogP contribution >= 0.6 is 23.2 Å². The number of carbonyl (C=O) groups excluding carboxylic acids is 1. The third-order valence-corrected chi connectivity index (χ3v) is 7.46. The molecular weight excluding hydrogens is 505 g/mol. The smallest absolute Gasteiger partial charge is 0.373 e. The maximum atomic E-state index is 11.2. The number of aromatic nitrogens is 2. The fourth-order valence-corrected chi connectivity index (χ4v) is 5.29. The number of amides is 1. The quantitative estimate of drug-likeness (QED) is 0.422. The van der Waals surface area contributed by atoms with Gasteiger partial charge in [-0.25, -0.2) is 4.79 Å². The molecule has 1 amide bonds. The fourth-order valence-electron chi connectivity index (χ4n) is 4.71. The molecule has 1 unspecified atom stereocenters. The predicted molar refractivity (Wildman–Crippen MR) is 134 cm³/mol. The largest absolute Gasteiger partial charge is 0.427 e. The van der Waals surface area contributed by atoms with E-state index in [2.05, 4.69) is 25.8 Å². The number of halogens is 2. The Morgan fingerprint density at radius 1 is 1.08 bits per heavy atom. The summed E-state index contributed by atoms with van der Waals surface area (Å²) in [6.07, 6.45) is 4.98. The van der Waals surface area contributed by atoms with Crippen LogP contribution in [0.3, 0.4) is 0 Å². The molecule has 11 heteroatoms. The molecular formula is C25H25Cl2N5O4. The number of piperidine rings is 1. The molecule has 3 aromatic rings. The molecule has 6 rings (SSSR count). The lowest BCUT2D eigenvalue weighted by atomic mass is 10.0. The number of anilines is 1. The van der Waals surface area contributed by atoms with Gasteiger partial charge in [0.25, 0.3) is 0 Å². The highest BCUT2D eigenvalue weighted by molar-refractivity contribution is 6.39. The van der Waals surface area contributed by atoms with Gasteiger partial charge in [-0.2, -0.15) is 0 Å². The van der Waals surface area contributed by atoms with Gasteiger partial charge in [-0.1, -0.05) is 34.4 Å². The van der Waals surface area contributed by atoms with Crippen molar-refractivity contribution in [1.82, 2.24) is 20.9 Å². The van der Waals surface area contributed by atoms with Crippen LogP contribution in [-0.4, -0.2) is 35.4 Å². The molecule has 0 bridgehead atoms. The van der Waals surface area contributed by atoms with E-state index in [1.165, 1.54) is 0 Å². The van der Waals surface area contributed by atoms with E-state index in [4.69, 9.17) is 37.3 Å². The number of hydrogen-bond donors (Lipinski definition) is 2. The van der Waals surface area contributed by atoms with Crippen LogP contribution in [0, 0.1) is 0 Å². The first kappa shape index (κ1) is 23.5. The molecule has 2 saturated heterocycles. The summed E-state index contributed by atoms with van der Waals surface area (Å²) in [5, 5.41) is 8.09. The highest BCUT2D eigenvalue weighted by Gasteiger charge is 2.34. The normalized spacial score (nSPS) is 20.4. The molecule has 1 saturated carbocycles. The molecule has 36 heavy (non-hydrogen) atoms. The Morgan fingerprint density at radius 2 is 1.86 bits per heavy atom. The standard InChI is InChI=1S/C25H25Cl2N5O4/c26-18-2-1-3-19(27)21(18)22-17(23(35-30-22)14-4-5-14)13-34-16-8-10-32(11-9-16)15-6-7-20(28-12-15)24-29-25(33)36-31-24/h1-3,6-7,12,14,16,24,31H,4-5,8-11,13H2,(H,29,33). The van der Waals surface area contributed by atoms with E-state index in [1.807, 2.05) is 36.5 Å².